The average Bonchev–Trinajstić information content (AvgIpc) is 3.47. The fourth-order valence-corrected chi connectivity index (χ4v) is 7.40. The molecule has 4 aromatic carbocycles. The van der Waals surface area contributed by atoms with Crippen LogP contribution >= 0.6 is 0 Å². The van der Waals surface area contributed by atoms with Gasteiger partial charge in [0.2, 0.25) is 0 Å². The molecule has 4 aromatic rings. The van der Waals surface area contributed by atoms with Gasteiger partial charge < -0.3 is 0 Å². The molecule has 50 heavy (non-hydrogen) atoms. The maximum atomic E-state index is 13.5. The molecular weight excluding hydrogens is 685 g/mol. The number of carbonyl (C=O) groups is 7. The van der Waals surface area contributed by atoms with Gasteiger partial charge in [-0.3, -0.25) is 33.6 Å². The van der Waals surface area contributed by atoms with E-state index in [1.165, 1.54) is 84.9 Å². The summed E-state index contributed by atoms with van der Waals surface area (Å²) in [6, 6.07) is 18.6. The smallest absolute Gasteiger partial charge is 0.193 e. The number of benzene rings is 4. The first-order valence-corrected chi connectivity index (χ1v) is 18.9. The number of rotatable bonds is 10. The van der Waals surface area contributed by atoms with Crippen molar-refractivity contribution in [3.05, 3.63) is 129 Å². The molecule has 0 saturated heterocycles. The van der Waals surface area contributed by atoms with Crippen LogP contribution < -0.4 is 0 Å². The van der Waals surface area contributed by atoms with Crippen LogP contribution in [0.4, 0.5) is 0 Å². The van der Waals surface area contributed by atoms with Crippen molar-refractivity contribution in [2.45, 2.75) is 22.6 Å². The van der Waals surface area contributed by atoms with Gasteiger partial charge in [-0.05, 0) is 59.7 Å². The molecular formula is C37H26O11S2. The van der Waals surface area contributed by atoms with Crippen LogP contribution in [0.1, 0.15) is 68.5 Å². The zero-order chi connectivity index (χ0) is 36.3. The Morgan fingerprint density at radius 2 is 0.800 bits per heavy atom. The van der Waals surface area contributed by atoms with Gasteiger partial charge in [0.05, 0.1) is 9.79 Å². The average molecular weight is 711 g/mol. The van der Waals surface area contributed by atoms with E-state index in [1.807, 2.05) is 0 Å². The van der Waals surface area contributed by atoms with Crippen molar-refractivity contribution < 1.29 is 50.4 Å². The van der Waals surface area contributed by atoms with Crippen LogP contribution in [-0.2, 0) is 42.1 Å². The van der Waals surface area contributed by atoms with Crippen LogP contribution in [0, 0.1) is 11.8 Å². The maximum absolute atomic E-state index is 13.5. The van der Waals surface area contributed by atoms with E-state index >= 15 is 0 Å². The largest absolute Gasteiger partial charge is 0.298 e. The molecule has 11 nitrogen and oxygen atoms in total. The quantitative estimate of drug-likeness (QED) is 0.173. The van der Waals surface area contributed by atoms with Gasteiger partial charge in [0, 0.05) is 58.7 Å². The Morgan fingerprint density at radius 3 is 1.12 bits per heavy atom. The highest BCUT2D eigenvalue weighted by Gasteiger charge is 2.44. The molecule has 2 unspecified atom stereocenters. The molecule has 2 aliphatic rings. The van der Waals surface area contributed by atoms with Gasteiger partial charge >= 0.3 is 0 Å². The van der Waals surface area contributed by atoms with Crippen molar-refractivity contribution in [2.75, 3.05) is 12.5 Å². The number of hydrogen-bond acceptors (Lipinski definition) is 11. The van der Waals surface area contributed by atoms with E-state index < -0.39 is 72.0 Å². The first kappa shape index (κ1) is 34.3. The molecule has 0 spiro atoms. The van der Waals surface area contributed by atoms with E-state index in [0.717, 1.165) is 12.5 Å². The van der Waals surface area contributed by atoms with Crippen molar-refractivity contribution >= 4 is 60.2 Å². The Labute approximate surface area is 286 Å². The summed E-state index contributed by atoms with van der Waals surface area (Å²) in [6.45, 7) is 0. The highest BCUT2D eigenvalue weighted by atomic mass is 32.2. The molecule has 2 aliphatic carbocycles. The van der Waals surface area contributed by atoms with Gasteiger partial charge in [-0.2, -0.15) is 0 Å². The molecule has 0 aliphatic heterocycles. The van der Waals surface area contributed by atoms with Gasteiger partial charge in [-0.15, -0.1) is 0 Å². The monoisotopic (exact) mass is 710 g/mol. The van der Waals surface area contributed by atoms with E-state index in [4.69, 9.17) is 0 Å². The number of ketones is 7. The number of sulfone groups is 2. The van der Waals surface area contributed by atoms with Crippen LogP contribution in [0.15, 0.2) is 94.7 Å². The molecule has 0 bridgehead atoms. The van der Waals surface area contributed by atoms with Gasteiger partial charge in [-0.25, -0.2) is 16.8 Å². The van der Waals surface area contributed by atoms with Crippen molar-refractivity contribution in [3.63, 3.8) is 0 Å². The third-order valence-corrected chi connectivity index (χ3v) is 11.0. The molecule has 0 N–H and O–H groups in total. The SMILES string of the molecule is CS(=O)(=O)c1ccc(CC(=O)C2C(=O)c3ccc(C(=O)c4ccc5c(c4)C(=O)C(C(=O)Cc4ccc(S(C)(=O)=O)cc4)C5=O)cc3C2=O)cc1. The molecule has 6 rings (SSSR count). The molecule has 0 radical (unpaired) electrons. The first-order chi connectivity index (χ1) is 23.5. The molecule has 0 fully saturated rings. The van der Waals surface area contributed by atoms with Crippen LogP contribution in [0.25, 0.3) is 0 Å². The summed E-state index contributed by atoms with van der Waals surface area (Å²) in [7, 11) is -6.92. The zero-order valence-corrected chi connectivity index (χ0v) is 28.1. The molecule has 0 aromatic heterocycles. The second-order valence-electron chi connectivity index (χ2n) is 12.3. The Balaban J connectivity index is 1.18. The molecule has 13 heteroatoms. The summed E-state index contributed by atoms with van der Waals surface area (Å²) >= 11 is 0. The Hall–Kier alpha value is -5.53. The normalized spacial score (nSPS) is 17.1. The second-order valence-corrected chi connectivity index (χ2v) is 16.3. The van der Waals surface area contributed by atoms with Crippen LogP contribution in [0.3, 0.4) is 0 Å². The Morgan fingerprint density at radius 1 is 0.480 bits per heavy atom. The molecule has 0 heterocycles. The Bertz CT molecular complexity index is 2270. The van der Waals surface area contributed by atoms with Crippen molar-refractivity contribution in [1.29, 1.82) is 0 Å². The lowest BCUT2D eigenvalue weighted by Gasteiger charge is -2.07. The lowest BCUT2D eigenvalue weighted by atomic mass is 9.93. The third-order valence-electron chi connectivity index (χ3n) is 8.78. The molecule has 252 valence electrons. The summed E-state index contributed by atoms with van der Waals surface area (Å²) < 4.78 is 46.9. The minimum Gasteiger partial charge on any atom is -0.298 e. The third kappa shape index (κ3) is 6.21. The van der Waals surface area contributed by atoms with Gasteiger partial charge in [0.15, 0.2) is 60.2 Å². The maximum Gasteiger partial charge on any atom is 0.193 e. The number of fused-ring (bicyclic) bond motifs is 2. The van der Waals surface area contributed by atoms with E-state index in [9.17, 15) is 50.4 Å². The van der Waals surface area contributed by atoms with Crippen LogP contribution in [-0.4, -0.2) is 69.8 Å². The number of Topliss-reactive ketones (excluding diaryl/α,β-unsaturated/α-hetero) is 6. The lowest BCUT2D eigenvalue weighted by molar-refractivity contribution is -0.120. The summed E-state index contributed by atoms with van der Waals surface area (Å²) in [6.07, 6.45) is 1.48. The fourth-order valence-electron chi connectivity index (χ4n) is 6.14. The highest BCUT2D eigenvalue weighted by Crippen LogP contribution is 2.32. The Kier molecular flexibility index (Phi) is 8.53. The topological polar surface area (TPSA) is 188 Å². The summed E-state index contributed by atoms with van der Waals surface area (Å²) in [5.41, 5.74) is 0.494. The zero-order valence-electron chi connectivity index (χ0n) is 26.5. The highest BCUT2D eigenvalue weighted by molar-refractivity contribution is 7.91. The fraction of sp³-hybridized carbons (Fsp3) is 0.162. The lowest BCUT2D eigenvalue weighted by Crippen LogP contribution is -2.27. The minimum absolute atomic E-state index is 0.0174. The van der Waals surface area contributed by atoms with E-state index in [2.05, 4.69) is 0 Å². The molecule has 0 amide bonds. The first-order valence-electron chi connectivity index (χ1n) is 15.1. The van der Waals surface area contributed by atoms with E-state index in [-0.39, 0.29) is 56.0 Å². The predicted octanol–water partition coefficient (Wildman–Crippen LogP) is 3.34. The van der Waals surface area contributed by atoms with E-state index in [0.29, 0.717) is 11.1 Å². The van der Waals surface area contributed by atoms with Crippen LogP contribution in [0.2, 0.25) is 0 Å². The van der Waals surface area contributed by atoms with Gasteiger partial charge in [-0.1, -0.05) is 36.4 Å². The summed E-state index contributed by atoms with van der Waals surface area (Å²) in [5.74, 6) is -8.25. The van der Waals surface area contributed by atoms with Crippen molar-refractivity contribution in [2.24, 2.45) is 11.8 Å². The molecule has 2 atom stereocenters. The van der Waals surface area contributed by atoms with Crippen molar-refractivity contribution in [1.82, 2.24) is 0 Å². The van der Waals surface area contributed by atoms with Crippen molar-refractivity contribution in [3.8, 4) is 0 Å². The second kappa shape index (κ2) is 12.4. The van der Waals surface area contributed by atoms with Gasteiger partial charge in [0.25, 0.3) is 0 Å². The predicted molar refractivity (Wildman–Crippen MR) is 177 cm³/mol. The minimum atomic E-state index is -3.46. The number of carbonyl (C=O) groups excluding carboxylic acids is 7. The summed E-state index contributed by atoms with van der Waals surface area (Å²) in [5, 5.41) is 0. The van der Waals surface area contributed by atoms with Crippen LogP contribution in [0.5, 0.6) is 0 Å². The van der Waals surface area contributed by atoms with E-state index in [1.54, 1.807) is 0 Å². The summed E-state index contributed by atoms with van der Waals surface area (Å²) in [4.78, 5) is 92.6. The van der Waals surface area contributed by atoms with Gasteiger partial charge in [0.1, 0.15) is 11.8 Å². The number of hydrogen-bond donors (Lipinski definition) is 0. The molecule has 0 saturated carbocycles. The standard InChI is InChI=1S/C37H26O11S2/c1-49(45,46)23-9-3-19(4-10-23)15-29(38)31-34(41)25-13-7-21(17-27(25)36(31)43)33(40)22-8-14-26-28(18-22)37(44)32(35(26)42)30(39)16-20-5-11-24(12-6-20)50(2,47)48/h3-14,17-18,31-32H,15-16H2,1-2H3.